The van der Waals surface area contributed by atoms with Crippen LogP contribution in [0.25, 0.3) is 11.3 Å². The Balaban J connectivity index is 2.52. The lowest BCUT2D eigenvalue weighted by molar-refractivity contribution is 0.559. The van der Waals surface area contributed by atoms with Crippen molar-refractivity contribution in [2.75, 3.05) is 6.54 Å². The lowest BCUT2D eigenvalue weighted by Crippen LogP contribution is -2.29. The number of rotatable bonds is 6. The second-order valence-electron chi connectivity index (χ2n) is 5.66. The zero-order valence-electron chi connectivity index (χ0n) is 13.9. The van der Waals surface area contributed by atoms with E-state index < -0.39 is 0 Å². The number of nitrogens with one attached hydrogen (secondary N) is 1. The van der Waals surface area contributed by atoms with Crippen LogP contribution in [0.5, 0.6) is 0 Å². The van der Waals surface area contributed by atoms with E-state index in [1.54, 1.807) is 4.68 Å². The minimum atomic E-state index is 0.00961. The summed E-state index contributed by atoms with van der Waals surface area (Å²) in [4.78, 5) is 12.4. The summed E-state index contributed by atoms with van der Waals surface area (Å²) in [6.45, 7) is 10.4. The summed E-state index contributed by atoms with van der Waals surface area (Å²) in [5, 5.41) is 7.78. The van der Waals surface area contributed by atoms with Crippen molar-refractivity contribution in [1.29, 1.82) is 0 Å². The second-order valence-corrected chi connectivity index (χ2v) is 5.66. The van der Waals surface area contributed by atoms with E-state index in [9.17, 15) is 4.79 Å². The first-order valence-corrected chi connectivity index (χ1v) is 7.96. The number of hydrogen-bond donors (Lipinski definition) is 1. The molecule has 2 aromatic rings. The lowest BCUT2D eigenvalue weighted by atomic mass is 10.0. The predicted molar refractivity (Wildman–Crippen MR) is 91.1 cm³/mol. The highest BCUT2D eigenvalue weighted by Crippen LogP contribution is 2.20. The summed E-state index contributed by atoms with van der Waals surface area (Å²) in [6, 6.07) is 8.23. The minimum absolute atomic E-state index is 0.00961. The smallest absolute Gasteiger partial charge is 0.271 e. The molecule has 1 aromatic heterocycles. The second kappa shape index (κ2) is 7.36. The van der Waals surface area contributed by atoms with E-state index in [4.69, 9.17) is 0 Å². The van der Waals surface area contributed by atoms with Gasteiger partial charge in [-0.25, -0.2) is 4.68 Å². The zero-order valence-corrected chi connectivity index (χ0v) is 13.9. The third kappa shape index (κ3) is 3.63. The molecule has 1 heterocycles. The Hall–Kier alpha value is -1.94. The standard InChI is InChI=1S/C18H25N3O/c1-5-9-21-18(22)16(12-19-6-2)11-17(20-21)15-8-7-13(3)14(4)10-15/h7-8,10-11,19H,5-6,9,12H2,1-4H3. The average Bonchev–Trinajstić information content (AvgIpc) is 2.51. The molecule has 22 heavy (non-hydrogen) atoms. The first-order chi connectivity index (χ1) is 10.6. The van der Waals surface area contributed by atoms with Gasteiger partial charge < -0.3 is 5.32 Å². The van der Waals surface area contributed by atoms with Gasteiger partial charge in [-0.05, 0) is 50.1 Å². The van der Waals surface area contributed by atoms with Gasteiger partial charge in [0, 0.05) is 24.2 Å². The highest BCUT2D eigenvalue weighted by Gasteiger charge is 2.10. The van der Waals surface area contributed by atoms with Gasteiger partial charge in [0.1, 0.15) is 0 Å². The van der Waals surface area contributed by atoms with E-state index in [1.165, 1.54) is 11.1 Å². The maximum Gasteiger partial charge on any atom is 0.271 e. The Morgan fingerprint density at radius 1 is 1.14 bits per heavy atom. The molecule has 0 aliphatic carbocycles. The van der Waals surface area contributed by atoms with Crippen LogP contribution < -0.4 is 10.9 Å². The SMILES string of the molecule is CCCn1nc(-c2ccc(C)c(C)c2)cc(CNCC)c1=O. The van der Waals surface area contributed by atoms with Gasteiger partial charge in [-0.2, -0.15) is 5.10 Å². The van der Waals surface area contributed by atoms with Crippen LogP contribution in [0.3, 0.4) is 0 Å². The summed E-state index contributed by atoms with van der Waals surface area (Å²) in [5.74, 6) is 0. The molecule has 4 nitrogen and oxygen atoms in total. The summed E-state index contributed by atoms with van der Waals surface area (Å²) in [7, 11) is 0. The maximum atomic E-state index is 12.4. The van der Waals surface area contributed by atoms with Gasteiger partial charge in [-0.3, -0.25) is 4.79 Å². The van der Waals surface area contributed by atoms with E-state index in [2.05, 4.69) is 49.4 Å². The van der Waals surface area contributed by atoms with Crippen molar-refractivity contribution in [3.05, 3.63) is 51.3 Å². The number of benzene rings is 1. The Bertz CT molecular complexity index is 704. The molecule has 1 aromatic carbocycles. The Morgan fingerprint density at radius 2 is 1.91 bits per heavy atom. The summed E-state index contributed by atoms with van der Waals surface area (Å²) < 4.78 is 1.59. The van der Waals surface area contributed by atoms with Crippen molar-refractivity contribution in [2.24, 2.45) is 0 Å². The highest BCUT2D eigenvalue weighted by molar-refractivity contribution is 5.61. The van der Waals surface area contributed by atoms with E-state index >= 15 is 0 Å². The molecule has 0 saturated carbocycles. The van der Waals surface area contributed by atoms with Crippen LogP contribution in [-0.4, -0.2) is 16.3 Å². The van der Waals surface area contributed by atoms with Gasteiger partial charge in [0.15, 0.2) is 0 Å². The van der Waals surface area contributed by atoms with Crippen molar-refractivity contribution in [2.45, 2.75) is 47.2 Å². The molecule has 0 aliphatic heterocycles. The molecular weight excluding hydrogens is 274 g/mol. The molecule has 0 amide bonds. The van der Waals surface area contributed by atoms with Crippen molar-refractivity contribution in [3.8, 4) is 11.3 Å². The fourth-order valence-corrected chi connectivity index (χ4v) is 2.39. The van der Waals surface area contributed by atoms with E-state index in [0.29, 0.717) is 13.1 Å². The molecule has 0 fully saturated rings. The molecule has 118 valence electrons. The van der Waals surface area contributed by atoms with Gasteiger partial charge in [0.25, 0.3) is 5.56 Å². The van der Waals surface area contributed by atoms with Gasteiger partial charge >= 0.3 is 0 Å². The van der Waals surface area contributed by atoms with Crippen LogP contribution in [0, 0.1) is 13.8 Å². The molecule has 0 radical (unpaired) electrons. The number of aryl methyl sites for hydroxylation is 3. The average molecular weight is 299 g/mol. The third-order valence-corrected chi connectivity index (χ3v) is 3.85. The molecule has 0 spiro atoms. The van der Waals surface area contributed by atoms with Crippen molar-refractivity contribution >= 4 is 0 Å². The van der Waals surface area contributed by atoms with Gasteiger partial charge in [0.05, 0.1) is 5.69 Å². The first kappa shape index (κ1) is 16.4. The maximum absolute atomic E-state index is 12.4. The van der Waals surface area contributed by atoms with Crippen LogP contribution in [0.15, 0.2) is 29.1 Å². The van der Waals surface area contributed by atoms with Crippen LogP contribution in [0.1, 0.15) is 37.0 Å². The van der Waals surface area contributed by atoms with Crippen LogP contribution in [0.2, 0.25) is 0 Å². The molecule has 0 bridgehead atoms. The van der Waals surface area contributed by atoms with Crippen LogP contribution in [-0.2, 0) is 13.1 Å². The molecule has 4 heteroatoms. The monoisotopic (exact) mass is 299 g/mol. The first-order valence-electron chi connectivity index (χ1n) is 7.96. The molecule has 0 saturated heterocycles. The van der Waals surface area contributed by atoms with Gasteiger partial charge in [-0.1, -0.05) is 26.0 Å². The highest BCUT2D eigenvalue weighted by atomic mass is 16.1. The molecule has 0 unspecified atom stereocenters. The van der Waals surface area contributed by atoms with Gasteiger partial charge in [0.2, 0.25) is 0 Å². The lowest BCUT2D eigenvalue weighted by Gasteiger charge is -2.11. The summed E-state index contributed by atoms with van der Waals surface area (Å²) in [5.41, 5.74) is 5.21. The zero-order chi connectivity index (χ0) is 16.1. The molecule has 0 atom stereocenters. The van der Waals surface area contributed by atoms with Crippen molar-refractivity contribution < 1.29 is 0 Å². The van der Waals surface area contributed by atoms with Gasteiger partial charge in [-0.15, -0.1) is 0 Å². The molecule has 2 rings (SSSR count). The Labute approximate surface area is 132 Å². The quantitative estimate of drug-likeness (QED) is 0.892. The number of aromatic nitrogens is 2. The Morgan fingerprint density at radius 3 is 2.55 bits per heavy atom. The van der Waals surface area contributed by atoms with Crippen molar-refractivity contribution in [3.63, 3.8) is 0 Å². The topological polar surface area (TPSA) is 46.9 Å². The van der Waals surface area contributed by atoms with Crippen LogP contribution >= 0.6 is 0 Å². The fraction of sp³-hybridized carbons (Fsp3) is 0.444. The number of hydrogen-bond acceptors (Lipinski definition) is 3. The largest absolute Gasteiger partial charge is 0.313 e. The Kier molecular flexibility index (Phi) is 5.50. The normalized spacial score (nSPS) is 10.9. The number of nitrogens with zero attached hydrogens (tertiary/aromatic N) is 2. The third-order valence-electron chi connectivity index (χ3n) is 3.85. The fourth-order valence-electron chi connectivity index (χ4n) is 2.39. The predicted octanol–water partition coefficient (Wildman–Crippen LogP) is 3.05. The molecular formula is C18H25N3O. The minimum Gasteiger partial charge on any atom is -0.313 e. The van der Waals surface area contributed by atoms with E-state index in [-0.39, 0.29) is 5.56 Å². The summed E-state index contributed by atoms with van der Waals surface area (Å²) in [6.07, 6.45) is 0.893. The van der Waals surface area contributed by atoms with Crippen molar-refractivity contribution in [1.82, 2.24) is 15.1 Å². The molecule has 0 aliphatic rings. The molecule has 1 N–H and O–H groups in total. The van der Waals surface area contributed by atoms with E-state index in [1.807, 2.05) is 13.0 Å². The van der Waals surface area contributed by atoms with Crippen LogP contribution in [0.4, 0.5) is 0 Å². The van der Waals surface area contributed by atoms with E-state index in [0.717, 1.165) is 29.8 Å². The summed E-state index contributed by atoms with van der Waals surface area (Å²) >= 11 is 0.